The first kappa shape index (κ1) is 15.7. The lowest BCUT2D eigenvalue weighted by Gasteiger charge is -2.20. The summed E-state index contributed by atoms with van der Waals surface area (Å²) in [6.45, 7) is 2.18. The fourth-order valence-electron chi connectivity index (χ4n) is 3.57. The van der Waals surface area contributed by atoms with Crippen molar-refractivity contribution in [1.82, 2.24) is 10.6 Å². The molecule has 3 rings (SSSR count). The molecule has 0 spiro atoms. The highest BCUT2D eigenvalue weighted by molar-refractivity contribution is 7.99. The Morgan fingerprint density at radius 1 is 1.32 bits per heavy atom. The van der Waals surface area contributed by atoms with Crippen molar-refractivity contribution in [2.45, 2.75) is 56.0 Å². The van der Waals surface area contributed by atoms with E-state index >= 15 is 0 Å². The molecule has 0 aliphatic heterocycles. The van der Waals surface area contributed by atoms with Crippen molar-refractivity contribution in [3.8, 4) is 0 Å². The molecule has 5 heteroatoms. The summed E-state index contributed by atoms with van der Waals surface area (Å²) in [5.74, 6) is 1.13. The molecule has 22 heavy (non-hydrogen) atoms. The van der Waals surface area contributed by atoms with E-state index in [9.17, 15) is 9.90 Å². The van der Waals surface area contributed by atoms with Crippen molar-refractivity contribution in [2.24, 2.45) is 0 Å². The molecule has 1 saturated carbocycles. The average Bonchev–Trinajstić information content (AvgIpc) is 3.05. The normalized spacial score (nSPS) is 30.1. The van der Waals surface area contributed by atoms with Crippen LogP contribution in [-0.4, -0.2) is 34.3 Å². The van der Waals surface area contributed by atoms with Crippen LogP contribution in [0.5, 0.6) is 0 Å². The number of fused-ring (bicyclic) bond motifs is 1. The Bertz CT molecular complexity index is 537. The maximum atomic E-state index is 12.2. The van der Waals surface area contributed by atoms with E-state index in [4.69, 9.17) is 0 Å². The lowest BCUT2D eigenvalue weighted by Crippen LogP contribution is -2.44. The zero-order chi connectivity index (χ0) is 15.5. The number of rotatable bonds is 4. The largest absolute Gasteiger partial charge is 0.390 e. The van der Waals surface area contributed by atoms with Gasteiger partial charge in [0, 0.05) is 17.7 Å². The smallest absolute Gasteiger partial charge is 0.315 e. The zero-order valence-electron chi connectivity index (χ0n) is 12.9. The van der Waals surface area contributed by atoms with Gasteiger partial charge in [-0.3, -0.25) is 0 Å². The highest BCUT2D eigenvalue weighted by Gasteiger charge is 2.33. The van der Waals surface area contributed by atoms with E-state index < -0.39 is 6.10 Å². The van der Waals surface area contributed by atoms with E-state index in [-0.39, 0.29) is 18.1 Å². The fourth-order valence-corrected chi connectivity index (χ4v) is 4.72. The van der Waals surface area contributed by atoms with Crippen LogP contribution < -0.4 is 10.6 Å². The van der Waals surface area contributed by atoms with Crippen LogP contribution in [0.3, 0.4) is 0 Å². The van der Waals surface area contributed by atoms with Crippen LogP contribution >= 0.6 is 11.8 Å². The van der Waals surface area contributed by atoms with E-state index in [2.05, 4.69) is 17.6 Å². The van der Waals surface area contributed by atoms with Crippen molar-refractivity contribution in [3.63, 3.8) is 0 Å². The van der Waals surface area contributed by atoms with Crippen LogP contribution in [0.4, 0.5) is 4.79 Å². The second kappa shape index (κ2) is 6.92. The lowest BCUT2D eigenvalue weighted by molar-refractivity contribution is 0.142. The van der Waals surface area contributed by atoms with E-state index in [0.29, 0.717) is 11.7 Å². The third-order valence-corrected chi connectivity index (χ3v) is 5.85. The number of carbonyl (C=O) groups excluding carboxylic acids is 1. The Morgan fingerprint density at radius 3 is 2.95 bits per heavy atom. The molecule has 0 unspecified atom stereocenters. The summed E-state index contributed by atoms with van der Waals surface area (Å²) >= 11 is 1.98. The van der Waals surface area contributed by atoms with Gasteiger partial charge in [-0.1, -0.05) is 31.2 Å². The van der Waals surface area contributed by atoms with Crippen molar-refractivity contribution < 1.29 is 9.90 Å². The van der Waals surface area contributed by atoms with Gasteiger partial charge in [0.15, 0.2) is 0 Å². The number of carbonyl (C=O) groups is 1. The summed E-state index contributed by atoms with van der Waals surface area (Å²) in [5.41, 5.74) is 2.16. The molecule has 2 amide bonds. The standard InChI is InChI=1S/C17H24N2O2S/c1-2-22-13-8-7-12(10-13)18-17(21)19-16-14-6-4-3-5-11(14)9-15(16)20/h3-6,12-13,15-16,20H,2,7-10H2,1H3,(H2,18,19,21)/t12-,13+,15+,16-/m0/s1. The quantitative estimate of drug-likeness (QED) is 0.799. The van der Waals surface area contributed by atoms with Crippen molar-refractivity contribution in [2.75, 3.05) is 5.75 Å². The highest BCUT2D eigenvalue weighted by Crippen LogP contribution is 2.32. The molecule has 3 N–H and O–H groups in total. The summed E-state index contributed by atoms with van der Waals surface area (Å²) in [7, 11) is 0. The van der Waals surface area contributed by atoms with Crippen LogP contribution in [0.25, 0.3) is 0 Å². The molecular weight excluding hydrogens is 296 g/mol. The third-order valence-electron chi connectivity index (χ3n) is 4.61. The summed E-state index contributed by atoms with van der Waals surface area (Å²) in [6.07, 6.45) is 3.36. The molecule has 1 aromatic carbocycles. The predicted molar refractivity (Wildman–Crippen MR) is 90.1 cm³/mol. The molecule has 4 nitrogen and oxygen atoms in total. The minimum absolute atomic E-state index is 0.159. The summed E-state index contributed by atoms with van der Waals surface area (Å²) in [4.78, 5) is 12.2. The van der Waals surface area contributed by atoms with Crippen LogP contribution in [0.15, 0.2) is 24.3 Å². The van der Waals surface area contributed by atoms with Crippen molar-refractivity contribution in [1.29, 1.82) is 0 Å². The van der Waals surface area contributed by atoms with Gasteiger partial charge in [-0.25, -0.2) is 4.79 Å². The molecule has 4 atom stereocenters. The topological polar surface area (TPSA) is 61.4 Å². The van der Waals surface area contributed by atoms with Gasteiger partial charge in [-0.2, -0.15) is 11.8 Å². The number of thioether (sulfide) groups is 1. The number of hydrogen-bond acceptors (Lipinski definition) is 3. The summed E-state index contributed by atoms with van der Waals surface area (Å²) < 4.78 is 0. The van der Waals surface area contributed by atoms with Crippen molar-refractivity contribution >= 4 is 17.8 Å². The van der Waals surface area contributed by atoms with Gasteiger partial charge >= 0.3 is 6.03 Å². The first-order chi connectivity index (χ1) is 10.7. The van der Waals surface area contributed by atoms with Crippen LogP contribution in [0.1, 0.15) is 43.4 Å². The molecular formula is C17H24N2O2S. The number of amides is 2. The third kappa shape index (κ3) is 3.41. The number of nitrogens with one attached hydrogen (secondary N) is 2. The molecule has 0 saturated heterocycles. The van der Waals surface area contributed by atoms with E-state index in [1.807, 2.05) is 36.0 Å². The van der Waals surface area contributed by atoms with Gasteiger partial charge in [0.2, 0.25) is 0 Å². The van der Waals surface area contributed by atoms with Gasteiger partial charge < -0.3 is 15.7 Å². The average molecular weight is 320 g/mol. The molecule has 0 heterocycles. The number of hydrogen-bond donors (Lipinski definition) is 3. The van der Waals surface area contributed by atoms with Gasteiger partial charge in [0.25, 0.3) is 0 Å². The number of aliphatic hydroxyl groups is 1. The molecule has 0 radical (unpaired) electrons. The molecule has 2 aliphatic carbocycles. The van der Waals surface area contributed by atoms with Crippen LogP contribution in [-0.2, 0) is 6.42 Å². The molecule has 1 fully saturated rings. The summed E-state index contributed by atoms with van der Waals surface area (Å²) in [6, 6.07) is 7.73. The maximum absolute atomic E-state index is 12.2. The highest BCUT2D eigenvalue weighted by atomic mass is 32.2. The molecule has 2 aliphatic rings. The first-order valence-corrected chi connectivity index (χ1v) is 9.16. The predicted octanol–water partition coefficient (Wildman–Crippen LogP) is 2.62. The molecule has 0 aromatic heterocycles. The SMILES string of the molecule is CCS[C@@H]1CC[C@H](NC(=O)N[C@H]2c3ccccc3C[C@H]2O)C1. The van der Waals surface area contributed by atoms with Crippen LogP contribution in [0.2, 0.25) is 0 Å². The Balaban J connectivity index is 1.54. The Morgan fingerprint density at radius 2 is 2.14 bits per heavy atom. The number of benzene rings is 1. The van der Waals surface area contributed by atoms with E-state index in [1.54, 1.807) is 0 Å². The minimum Gasteiger partial charge on any atom is -0.390 e. The van der Waals surface area contributed by atoms with Gasteiger partial charge in [-0.05, 0) is 36.1 Å². The summed E-state index contributed by atoms with van der Waals surface area (Å²) in [5, 5.41) is 16.9. The van der Waals surface area contributed by atoms with Crippen molar-refractivity contribution in [3.05, 3.63) is 35.4 Å². The Kier molecular flexibility index (Phi) is 4.93. The second-order valence-corrected chi connectivity index (χ2v) is 7.73. The molecule has 1 aromatic rings. The van der Waals surface area contributed by atoms with Gasteiger partial charge in [0.05, 0.1) is 12.1 Å². The Labute approximate surface area is 136 Å². The molecule has 120 valence electrons. The second-order valence-electron chi connectivity index (χ2n) is 6.15. The van der Waals surface area contributed by atoms with Crippen LogP contribution in [0, 0.1) is 0 Å². The number of aliphatic hydroxyl groups excluding tert-OH is 1. The van der Waals surface area contributed by atoms with Gasteiger partial charge in [0.1, 0.15) is 0 Å². The first-order valence-electron chi connectivity index (χ1n) is 8.12. The maximum Gasteiger partial charge on any atom is 0.315 e. The van der Waals surface area contributed by atoms with E-state index in [0.717, 1.165) is 29.7 Å². The fraction of sp³-hybridized carbons (Fsp3) is 0.588. The van der Waals surface area contributed by atoms with E-state index in [1.165, 1.54) is 6.42 Å². The minimum atomic E-state index is -0.532. The zero-order valence-corrected chi connectivity index (χ0v) is 13.7. The number of urea groups is 1. The lowest BCUT2D eigenvalue weighted by atomic mass is 10.1. The molecule has 0 bridgehead atoms. The van der Waals surface area contributed by atoms with Gasteiger partial charge in [-0.15, -0.1) is 0 Å². The Hall–Kier alpha value is -1.20. The monoisotopic (exact) mass is 320 g/mol.